The second-order valence-corrected chi connectivity index (χ2v) is 8.81. The number of thioether (sulfide) groups is 1. The number of carbonyl (C=O) groups excluding carboxylic acids is 1. The number of anilines is 2. The fraction of sp³-hybridized carbons (Fsp3) is 0.192. The first-order valence-electron chi connectivity index (χ1n) is 10.8. The number of hydrogen-bond acceptors (Lipinski definition) is 5. The van der Waals surface area contributed by atoms with Gasteiger partial charge in [0.25, 0.3) is 0 Å². The molecule has 2 heterocycles. The van der Waals surface area contributed by atoms with Gasteiger partial charge in [-0.2, -0.15) is 0 Å². The van der Waals surface area contributed by atoms with E-state index in [0.29, 0.717) is 5.16 Å². The van der Waals surface area contributed by atoms with Crippen molar-refractivity contribution in [3.8, 4) is 17.1 Å². The molecule has 1 amide bonds. The molecule has 6 nitrogen and oxygen atoms in total. The zero-order valence-electron chi connectivity index (χ0n) is 18.6. The first-order chi connectivity index (χ1) is 16.2. The van der Waals surface area contributed by atoms with Crippen LogP contribution in [0, 0.1) is 0 Å². The third kappa shape index (κ3) is 4.12. The minimum absolute atomic E-state index is 0.0210. The average molecular weight is 457 g/mol. The van der Waals surface area contributed by atoms with Crippen molar-refractivity contribution in [2.75, 3.05) is 17.8 Å². The third-order valence-corrected chi connectivity index (χ3v) is 6.87. The van der Waals surface area contributed by atoms with E-state index in [1.165, 1.54) is 22.9 Å². The minimum Gasteiger partial charge on any atom is -0.497 e. The maximum absolute atomic E-state index is 13.6. The Labute approximate surface area is 197 Å². The number of para-hydroxylation sites is 2. The molecule has 0 atom stereocenters. The van der Waals surface area contributed by atoms with Crippen molar-refractivity contribution in [2.24, 2.45) is 7.05 Å². The SMILES string of the molecule is COc1cccc(-c2nnc(SCC(=O)N3c4ccccc4CCc4ccccc43)n2C)c1. The predicted octanol–water partition coefficient (Wildman–Crippen LogP) is 5.05. The lowest BCUT2D eigenvalue weighted by Crippen LogP contribution is -2.28. The first kappa shape index (κ1) is 21.3. The molecule has 1 aliphatic heterocycles. The van der Waals surface area contributed by atoms with Crippen LogP contribution in [0.5, 0.6) is 5.75 Å². The lowest BCUT2D eigenvalue weighted by molar-refractivity contribution is -0.115. The Balaban J connectivity index is 1.41. The maximum Gasteiger partial charge on any atom is 0.242 e. The van der Waals surface area contributed by atoms with E-state index < -0.39 is 0 Å². The molecule has 1 aromatic heterocycles. The molecule has 1 aliphatic rings. The molecule has 0 radical (unpaired) electrons. The number of hydrogen-bond donors (Lipinski definition) is 0. The number of fused-ring (bicyclic) bond motifs is 2. The third-order valence-electron chi connectivity index (χ3n) is 5.87. The van der Waals surface area contributed by atoms with Crippen LogP contribution in [0.15, 0.2) is 78.0 Å². The van der Waals surface area contributed by atoms with Crippen LogP contribution in [0.2, 0.25) is 0 Å². The Hall–Kier alpha value is -3.58. The molecule has 0 fully saturated rings. The number of benzene rings is 3. The van der Waals surface area contributed by atoms with Crippen molar-refractivity contribution in [3.63, 3.8) is 0 Å². The molecule has 7 heteroatoms. The Bertz CT molecular complexity index is 1270. The fourth-order valence-electron chi connectivity index (χ4n) is 4.19. The zero-order chi connectivity index (χ0) is 22.8. The van der Waals surface area contributed by atoms with Crippen LogP contribution < -0.4 is 9.64 Å². The second-order valence-electron chi connectivity index (χ2n) is 7.87. The molecule has 0 saturated heterocycles. The van der Waals surface area contributed by atoms with Gasteiger partial charge >= 0.3 is 0 Å². The second kappa shape index (κ2) is 9.11. The van der Waals surface area contributed by atoms with Gasteiger partial charge in [-0.05, 0) is 48.2 Å². The van der Waals surface area contributed by atoms with E-state index in [2.05, 4.69) is 22.3 Å². The lowest BCUT2D eigenvalue weighted by Gasteiger charge is -2.24. The van der Waals surface area contributed by atoms with Crippen LogP contribution in [-0.4, -0.2) is 33.5 Å². The summed E-state index contributed by atoms with van der Waals surface area (Å²) in [5.74, 6) is 1.77. The molecule has 0 spiro atoms. The van der Waals surface area contributed by atoms with Gasteiger partial charge in [0.2, 0.25) is 5.91 Å². The molecule has 4 aromatic rings. The average Bonchev–Trinajstić information content (AvgIpc) is 3.13. The summed E-state index contributed by atoms with van der Waals surface area (Å²) in [4.78, 5) is 15.4. The van der Waals surface area contributed by atoms with Crippen LogP contribution in [0.4, 0.5) is 11.4 Å². The number of aryl methyl sites for hydroxylation is 2. The number of carbonyl (C=O) groups is 1. The quantitative estimate of drug-likeness (QED) is 0.394. The lowest BCUT2D eigenvalue weighted by atomic mass is 10.0. The fourth-order valence-corrected chi connectivity index (χ4v) is 4.95. The highest BCUT2D eigenvalue weighted by atomic mass is 32.2. The van der Waals surface area contributed by atoms with E-state index >= 15 is 0 Å². The van der Waals surface area contributed by atoms with Crippen molar-refractivity contribution >= 4 is 29.0 Å². The predicted molar refractivity (Wildman–Crippen MR) is 131 cm³/mol. The molecule has 33 heavy (non-hydrogen) atoms. The van der Waals surface area contributed by atoms with E-state index in [9.17, 15) is 4.79 Å². The smallest absolute Gasteiger partial charge is 0.242 e. The van der Waals surface area contributed by atoms with Crippen molar-refractivity contribution in [1.29, 1.82) is 0 Å². The van der Waals surface area contributed by atoms with Crippen LogP contribution in [0.25, 0.3) is 11.4 Å². The molecule has 0 bridgehead atoms. The molecular formula is C26H24N4O2S. The van der Waals surface area contributed by atoms with Gasteiger partial charge in [-0.1, -0.05) is 60.3 Å². The Kier molecular flexibility index (Phi) is 5.88. The summed E-state index contributed by atoms with van der Waals surface area (Å²) in [5.41, 5.74) is 5.21. The molecule has 0 unspecified atom stereocenters. The summed E-state index contributed by atoms with van der Waals surface area (Å²) in [6.07, 6.45) is 1.83. The number of methoxy groups -OCH3 is 1. The largest absolute Gasteiger partial charge is 0.497 e. The molecule has 0 saturated carbocycles. The Morgan fingerprint density at radius 3 is 2.27 bits per heavy atom. The van der Waals surface area contributed by atoms with Crippen LogP contribution in [0.1, 0.15) is 11.1 Å². The highest BCUT2D eigenvalue weighted by Crippen LogP contribution is 2.37. The number of aromatic nitrogens is 3. The van der Waals surface area contributed by atoms with Crippen LogP contribution in [0.3, 0.4) is 0 Å². The topological polar surface area (TPSA) is 60.3 Å². The van der Waals surface area contributed by atoms with Gasteiger partial charge in [-0.15, -0.1) is 10.2 Å². The van der Waals surface area contributed by atoms with Crippen molar-refractivity contribution in [1.82, 2.24) is 14.8 Å². The molecule has 166 valence electrons. The van der Waals surface area contributed by atoms with Crippen LogP contribution in [-0.2, 0) is 24.7 Å². The normalized spacial score (nSPS) is 12.6. The first-order valence-corrected chi connectivity index (χ1v) is 11.8. The summed E-state index contributed by atoms with van der Waals surface area (Å²) in [6.45, 7) is 0. The summed E-state index contributed by atoms with van der Waals surface area (Å²) in [5, 5.41) is 9.38. The van der Waals surface area contributed by atoms with Gasteiger partial charge in [0.1, 0.15) is 5.75 Å². The highest BCUT2D eigenvalue weighted by molar-refractivity contribution is 7.99. The summed E-state index contributed by atoms with van der Waals surface area (Å²) in [6, 6.07) is 24.0. The number of rotatable bonds is 5. The number of nitrogens with zero attached hydrogens (tertiary/aromatic N) is 4. The standard InChI is InChI=1S/C26H24N4O2S/c1-29-25(20-10-7-11-21(16-20)32-2)27-28-26(29)33-17-24(31)30-22-12-5-3-8-18(22)14-15-19-9-4-6-13-23(19)30/h3-13,16H,14-15,17H2,1-2H3. The van der Waals surface area contributed by atoms with Crippen LogP contribution >= 0.6 is 11.8 Å². The van der Waals surface area contributed by atoms with Crippen molar-refractivity contribution < 1.29 is 9.53 Å². The van der Waals surface area contributed by atoms with E-state index in [1.807, 2.05) is 77.2 Å². The number of ether oxygens (including phenoxy) is 1. The molecule has 5 rings (SSSR count). The van der Waals surface area contributed by atoms with E-state index in [-0.39, 0.29) is 11.7 Å². The molecule has 3 aromatic carbocycles. The Morgan fingerprint density at radius 2 is 1.61 bits per heavy atom. The molecular weight excluding hydrogens is 432 g/mol. The monoisotopic (exact) mass is 456 g/mol. The maximum atomic E-state index is 13.6. The zero-order valence-corrected chi connectivity index (χ0v) is 19.4. The van der Waals surface area contributed by atoms with E-state index in [0.717, 1.165) is 41.4 Å². The minimum atomic E-state index is 0.0210. The van der Waals surface area contributed by atoms with Gasteiger partial charge in [0.05, 0.1) is 24.2 Å². The van der Waals surface area contributed by atoms with Gasteiger partial charge in [0, 0.05) is 12.6 Å². The van der Waals surface area contributed by atoms with Gasteiger partial charge in [0.15, 0.2) is 11.0 Å². The van der Waals surface area contributed by atoms with Crippen molar-refractivity contribution in [3.05, 3.63) is 83.9 Å². The number of amides is 1. The summed E-state index contributed by atoms with van der Waals surface area (Å²) in [7, 11) is 3.56. The van der Waals surface area contributed by atoms with Gasteiger partial charge in [-0.25, -0.2) is 0 Å². The van der Waals surface area contributed by atoms with Crippen molar-refractivity contribution in [2.45, 2.75) is 18.0 Å². The van der Waals surface area contributed by atoms with Gasteiger partial charge in [-0.3, -0.25) is 9.69 Å². The Morgan fingerprint density at radius 1 is 0.939 bits per heavy atom. The molecule has 0 N–H and O–H groups in total. The highest BCUT2D eigenvalue weighted by Gasteiger charge is 2.26. The summed E-state index contributed by atoms with van der Waals surface area (Å²) >= 11 is 1.40. The van der Waals surface area contributed by atoms with E-state index in [1.54, 1.807) is 7.11 Å². The summed E-state index contributed by atoms with van der Waals surface area (Å²) < 4.78 is 7.24. The molecule has 0 aliphatic carbocycles. The van der Waals surface area contributed by atoms with E-state index in [4.69, 9.17) is 4.74 Å². The van der Waals surface area contributed by atoms with Gasteiger partial charge < -0.3 is 9.30 Å².